The van der Waals surface area contributed by atoms with E-state index < -0.39 is 5.97 Å². The van der Waals surface area contributed by atoms with Crippen molar-refractivity contribution >= 4 is 17.7 Å². The van der Waals surface area contributed by atoms with Crippen molar-refractivity contribution in [3.8, 4) is 5.69 Å². The Morgan fingerprint density at radius 1 is 1.07 bits per heavy atom. The van der Waals surface area contributed by atoms with E-state index in [1.807, 2.05) is 42.5 Å². The van der Waals surface area contributed by atoms with Crippen molar-refractivity contribution in [2.45, 2.75) is 26.7 Å². The number of ether oxygens (including phenoxy) is 1. The molecule has 1 aromatic heterocycles. The lowest BCUT2D eigenvalue weighted by Crippen LogP contribution is -2.18. The summed E-state index contributed by atoms with van der Waals surface area (Å²) in [5.74, 6) is -0.191. The molecule has 28 heavy (non-hydrogen) atoms. The molecule has 3 rings (SSSR count). The standard InChI is InChI=1S/C22H23N3O3/c1-4-28-22(27)19-14-23-25(18-8-6-5-7-9-18)20(19)24-21(26)17-12-10-16(11-13-17)15(2)3/h5-15H,4H2,1-3H3,(H,24,26). The lowest BCUT2D eigenvalue weighted by molar-refractivity contribution is 0.0527. The minimum atomic E-state index is -0.532. The Kier molecular flexibility index (Phi) is 5.89. The molecule has 0 aliphatic heterocycles. The number of nitrogens with zero attached hydrogens (tertiary/aromatic N) is 2. The van der Waals surface area contributed by atoms with Crippen LogP contribution in [0.2, 0.25) is 0 Å². The molecule has 0 saturated carbocycles. The third-order valence-corrected chi connectivity index (χ3v) is 4.34. The fourth-order valence-electron chi connectivity index (χ4n) is 2.79. The Hall–Kier alpha value is -3.41. The normalized spacial score (nSPS) is 10.7. The minimum Gasteiger partial charge on any atom is -0.462 e. The molecule has 0 aliphatic carbocycles. The van der Waals surface area contributed by atoms with Gasteiger partial charge in [-0.1, -0.05) is 44.2 Å². The van der Waals surface area contributed by atoms with E-state index in [9.17, 15) is 9.59 Å². The predicted octanol–water partition coefficient (Wildman–Crippen LogP) is 4.42. The molecule has 6 nitrogen and oxygen atoms in total. The quantitative estimate of drug-likeness (QED) is 0.645. The Morgan fingerprint density at radius 3 is 2.36 bits per heavy atom. The SMILES string of the molecule is CCOC(=O)c1cnn(-c2ccccc2)c1NC(=O)c1ccc(C(C)C)cc1. The van der Waals surface area contributed by atoms with Gasteiger partial charge in [-0.25, -0.2) is 9.48 Å². The van der Waals surface area contributed by atoms with Gasteiger partial charge in [-0.2, -0.15) is 5.10 Å². The summed E-state index contributed by atoms with van der Waals surface area (Å²) in [5.41, 5.74) is 2.58. The summed E-state index contributed by atoms with van der Waals surface area (Å²) in [6, 6.07) is 16.7. The number of esters is 1. The lowest BCUT2D eigenvalue weighted by Gasteiger charge is -2.12. The molecule has 6 heteroatoms. The van der Waals surface area contributed by atoms with E-state index in [2.05, 4.69) is 24.3 Å². The molecular formula is C22H23N3O3. The number of rotatable bonds is 6. The highest BCUT2D eigenvalue weighted by atomic mass is 16.5. The first-order valence-electron chi connectivity index (χ1n) is 9.23. The van der Waals surface area contributed by atoms with Crippen molar-refractivity contribution in [3.05, 3.63) is 77.5 Å². The van der Waals surface area contributed by atoms with Crippen LogP contribution >= 0.6 is 0 Å². The molecule has 1 N–H and O–H groups in total. The maximum Gasteiger partial charge on any atom is 0.343 e. The average molecular weight is 377 g/mol. The van der Waals surface area contributed by atoms with Crippen molar-refractivity contribution in [2.24, 2.45) is 0 Å². The number of carbonyl (C=O) groups excluding carboxylic acids is 2. The van der Waals surface area contributed by atoms with Crippen LogP contribution < -0.4 is 5.32 Å². The van der Waals surface area contributed by atoms with E-state index in [-0.39, 0.29) is 23.9 Å². The van der Waals surface area contributed by atoms with E-state index >= 15 is 0 Å². The molecule has 0 aliphatic rings. The summed E-state index contributed by atoms with van der Waals surface area (Å²) in [6.07, 6.45) is 1.41. The Labute approximate surface area is 164 Å². The molecular weight excluding hydrogens is 354 g/mol. The van der Waals surface area contributed by atoms with E-state index in [0.717, 1.165) is 11.3 Å². The van der Waals surface area contributed by atoms with Crippen LogP contribution in [-0.4, -0.2) is 28.3 Å². The van der Waals surface area contributed by atoms with Crippen molar-refractivity contribution < 1.29 is 14.3 Å². The zero-order valence-corrected chi connectivity index (χ0v) is 16.2. The van der Waals surface area contributed by atoms with Crippen molar-refractivity contribution in [1.29, 1.82) is 0 Å². The van der Waals surface area contributed by atoms with Crippen LogP contribution in [0.1, 0.15) is 53.0 Å². The first-order chi connectivity index (χ1) is 13.5. The van der Waals surface area contributed by atoms with Gasteiger partial charge < -0.3 is 10.1 Å². The number of hydrogen-bond donors (Lipinski definition) is 1. The first-order valence-corrected chi connectivity index (χ1v) is 9.23. The van der Waals surface area contributed by atoms with Gasteiger partial charge in [0.2, 0.25) is 0 Å². The van der Waals surface area contributed by atoms with Gasteiger partial charge in [-0.3, -0.25) is 4.79 Å². The highest BCUT2D eigenvalue weighted by Gasteiger charge is 2.22. The van der Waals surface area contributed by atoms with E-state index in [4.69, 9.17) is 4.74 Å². The van der Waals surface area contributed by atoms with Gasteiger partial charge >= 0.3 is 5.97 Å². The first kappa shape index (κ1) is 19.4. The van der Waals surface area contributed by atoms with Crippen LogP contribution in [0, 0.1) is 0 Å². The van der Waals surface area contributed by atoms with Gasteiger partial charge in [-0.15, -0.1) is 0 Å². The van der Waals surface area contributed by atoms with Crippen LogP contribution in [0.5, 0.6) is 0 Å². The smallest absolute Gasteiger partial charge is 0.343 e. The number of benzene rings is 2. The largest absolute Gasteiger partial charge is 0.462 e. The van der Waals surface area contributed by atoms with E-state index in [1.165, 1.54) is 10.9 Å². The number of amides is 1. The molecule has 1 amide bonds. The topological polar surface area (TPSA) is 73.2 Å². The molecule has 0 spiro atoms. The number of hydrogen-bond acceptors (Lipinski definition) is 4. The summed E-state index contributed by atoms with van der Waals surface area (Å²) in [6.45, 7) is 6.16. The zero-order chi connectivity index (χ0) is 20.1. The second-order valence-corrected chi connectivity index (χ2v) is 6.61. The van der Waals surface area contributed by atoms with E-state index in [0.29, 0.717) is 11.5 Å². The molecule has 0 bridgehead atoms. The highest BCUT2D eigenvalue weighted by molar-refractivity contribution is 6.07. The van der Waals surface area contributed by atoms with Gasteiger partial charge in [0, 0.05) is 5.56 Å². The Balaban J connectivity index is 1.95. The maximum absolute atomic E-state index is 12.8. The molecule has 0 unspecified atom stereocenters. The number of aromatic nitrogens is 2. The summed E-state index contributed by atoms with van der Waals surface area (Å²) in [4.78, 5) is 25.1. The summed E-state index contributed by atoms with van der Waals surface area (Å²) >= 11 is 0. The van der Waals surface area contributed by atoms with Crippen LogP contribution in [0.25, 0.3) is 5.69 Å². The second-order valence-electron chi connectivity index (χ2n) is 6.61. The van der Waals surface area contributed by atoms with Crippen molar-refractivity contribution in [3.63, 3.8) is 0 Å². The minimum absolute atomic E-state index is 0.206. The Morgan fingerprint density at radius 2 is 1.75 bits per heavy atom. The molecule has 0 radical (unpaired) electrons. The third-order valence-electron chi connectivity index (χ3n) is 4.34. The molecule has 0 saturated heterocycles. The monoisotopic (exact) mass is 377 g/mol. The molecule has 2 aromatic carbocycles. The number of anilines is 1. The van der Waals surface area contributed by atoms with Gasteiger partial charge in [0.1, 0.15) is 5.56 Å². The highest BCUT2D eigenvalue weighted by Crippen LogP contribution is 2.22. The van der Waals surface area contributed by atoms with E-state index in [1.54, 1.807) is 19.1 Å². The van der Waals surface area contributed by atoms with Gasteiger partial charge in [0.25, 0.3) is 5.91 Å². The van der Waals surface area contributed by atoms with Crippen LogP contribution in [-0.2, 0) is 4.74 Å². The zero-order valence-electron chi connectivity index (χ0n) is 16.2. The van der Waals surface area contributed by atoms with Crippen molar-refractivity contribution in [2.75, 3.05) is 11.9 Å². The molecule has 0 fully saturated rings. The van der Waals surface area contributed by atoms with Crippen LogP contribution in [0.4, 0.5) is 5.82 Å². The molecule has 144 valence electrons. The van der Waals surface area contributed by atoms with Gasteiger partial charge in [0.05, 0.1) is 18.5 Å². The number of nitrogens with one attached hydrogen (secondary N) is 1. The third kappa shape index (κ3) is 4.11. The fourth-order valence-corrected chi connectivity index (χ4v) is 2.79. The van der Waals surface area contributed by atoms with Gasteiger partial charge in [0.15, 0.2) is 5.82 Å². The fraction of sp³-hybridized carbons (Fsp3) is 0.227. The Bertz CT molecular complexity index is 960. The van der Waals surface area contributed by atoms with Crippen LogP contribution in [0.15, 0.2) is 60.8 Å². The molecule has 1 heterocycles. The number of para-hydroxylation sites is 1. The molecule has 0 atom stereocenters. The average Bonchev–Trinajstić information content (AvgIpc) is 3.12. The van der Waals surface area contributed by atoms with Crippen LogP contribution in [0.3, 0.4) is 0 Å². The summed E-state index contributed by atoms with van der Waals surface area (Å²) < 4.78 is 6.62. The van der Waals surface area contributed by atoms with Gasteiger partial charge in [-0.05, 0) is 42.7 Å². The predicted molar refractivity (Wildman–Crippen MR) is 108 cm³/mol. The second kappa shape index (κ2) is 8.52. The summed E-state index contributed by atoms with van der Waals surface area (Å²) in [7, 11) is 0. The summed E-state index contributed by atoms with van der Waals surface area (Å²) in [5, 5.41) is 7.10. The maximum atomic E-state index is 12.8. The van der Waals surface area contributed by atoms with Crippen molar-refractivity contribution in [1.82, 2.24) is 9.78 Å². The number of carbonyl (C=O) groups is 2. The molecule has 3 aromatic rings. The lowest BCUT2D eigenvalue weighted by atomic mass is 10.0.